The first-order valence-electron chi connectivity index (χ1n) is 14.0. The van der Waals surface area contributed by atoms with Crippen LogP contribution in [0.2, 0.25) is 50.3 Å². The first-order valence-corrected chi connectivity index (χ1v) is 27.1. The summed E-state index contributed by atoms with van der Waals surface area (Å²) in [5.74, 6) is -0.316. The summed E-state index contributed by atoms with van der Waals surface area (Å²) in [7, 11) is -9.67. The van der Waals surface area contributed by atoms with Crippen LogP contribution >= 0.6 is 11.6 Å². The second-order valence-corrected chi connectivity index (χ2v) is 44.4. The second-order valence-electron chi connectivity index (χ2n) is 14.6. The Kier molecular flexibility index (Phi) is 7.90. The highest BCUT2D eigenvalue weighted by Crippen LogP contribution is 2.63. The number of fused-ring (bicyclic) bond motifs is 1. The van der Waals surface area contributed by atoms with Crippen molar-refractivity contribution >= 4 is 49.9 Å². The van der Waals surface area contributed by atoms with Crippen molar-refractivity contribution < 1.29 is 17.9 Å². The van der Waals surface area contributed by atoms with Gasteiger partial charge in [0.05, 0.1) is 18.0 Å². The number of hydrogen-bond donors (Lipinski definition) is 0. The van der Waals surface area contributed by atoms with Crippen molar-refractivity contribution in [2.45, 2.75) is 89.6 Å². The Morgan fingerprint density at radius 3 is 2.10 bits per heavy atom. The maximum atomic E-state index is 14.7. The molecule has 4 rings (SSSR count). The molecule has 0 saturated carbocycles. The normalized spacial score (nSPS) is 23.6. The molecule has 40 heavy (non-hydrogen) atoms. The van der Waals surface area contributed by atoms with E-state index in [4.69, 9.17) is 16.3 Å². The number of benzene rings is 2. The zero-order valence-electron chi connectivity index (χ0n) is 25.6. The highest BCUT2D eigenvalue weighted by atomic mass is 35.5. The highest BCUT2D eigenvalue weighted by Gasteiger charge is 2.71. The third-order valence-corrected chi connectivity index (χ3v) is 49.7. The van der Waals surface area contributed by atoms with Gasteiger partial charge >= 0.3 is 5.97 Å². The van der Waals surface area contributed by atoms with Crippen molar-refractivity contribution in [2.24, 2.45) is 5.41 Å². The van der Waals surface area contributed by atoms with Crippen molar-refractivity contribution in [3.8, 4) is 0 Å². The molecule has 2 aromatic rings. The Morgan fingerprint density at radius 2 is 1.60 bits per heavy atom. The Labute approximate surface area is 248 Å². The molecule has 0 N–H and O–H groups in total. The SMILES string of the molecule is Cc1ccc(S(=O)(=O)N2CC3=C[Si]([Si](C)(C)C)([Si](C)(C)C)C[C@]3(C(=O)OC(C)(C)C)[C@@H]2c2cccc(Cl)c2)cc1. The predicted octanol–water partition coefficient (Wildman–Crippen LogP) is 7.48. The second kappa shape index (κ2) is 10.1. The Balaban J connectivity index is 2.06. The maximum absolute atomic E-state index is 14.7. The number of sulfonamides is 1. The summed E-state index contributed by atoms with van der Waals surface area (Å²) in [6.45, 7) is 22.4. The molecule has 2 atom stereocenters. The lowest BCUT2D eigenvalue weighted by atomic mass is 9.76. The van der Waals surface area contributed by atoms with Crippen LogP contribution in [0.1, 0.15) is 37.9 Å². The van der Waals surface area contributed by atoms with Crippen LogP contribution in [-0.2, 0) is 19.6 Å². The fourth-order valence-corrected chi connectivity index (χ4v) is 51.0. The minimum atomic E-state index is -3.95. The molecule has 0 unspecified atom stereocenters. The predicted molar refractivity (Wildman–Crippen MR) is 173 cm³/mol. The zero-order chi connectivity index (χ0) is 30.1. The molecule has 2 aliphatic rings. The number of nitrogens with zero attached hydrogens (tertiary/aromatic N) is 1. The molecular formula is C30H44ClNO4SSi3. The summed E-state index contributed by atoms with van der Waals surface area (Å²) < 4.78 is 36.6. The van der Waals surface area contributed by atoms with Crippen LogP contribution in [0.3, 0.4) is 0 Å². The number of aryl methyl sites for hydroxylation is 1. The van der Waals surface area contributed by atoms with Crippen molar-refractivity contribution in [1.29, 1.82) is 0 Å². The third-order valence-electron chi connectivity index (χ3n) is 8.86. The van der Waals surface area contributed by atoms with Gasteiger partial charge in [0.15, 0.2) is 0 Å². The molecule has 0 spiro atoms. The van der Waals surface area contributed by atoms with Gasteiger partial charge in [-0.2, -0.15) is 4.31 Å². The summed E-state index contributed by atoms with van der Waals surface area (Å²) in [5, 5.41) is 0.513. The molecule has 2 aliphatic heterocycles. The maximum Gasteiger partial charge on any atom is 0.318 e. The monoisotopic (exact) mass is 633 g/mol. The number of esters is 1. The van der Waals surface area contributed by atoms with E-state index in [2.05, 4.69) is 45.0 Å². The summed E-state index contributed by atoms with van der Waals surface area (Å²) in [5.41, 5.74) is 3.31. The van der Waals surface area contributed by atoms with Crippen LogP contribution in [0.25, 0.3) is 0 Å². The molecule has 0 radical (unpaired) electrons. The molecule has 0 aliphatic carbocycles. The van der Waals surface area contributed by atoms with E-state index in [1.54, 1.807) is 22.5 Å². The summed E-state index contributed by atoms with van der Waals surface area (Å²) in [6, 6.07) is 14.2. The fourth-order valence-electron chi connectivity index (χ4n) is 6.96. The average Bonchev–Trinajstić information content (AvgIpc) is 3.31. The van der Waals surface area contributed by atoms with Gasteiger partial charge in [0, 0.05) is 26.8 Å². The third kappa shape index (κ3) is 5.15. The van der Waals surface area contributed by atoms with Gasteiger partial charge in [-0.05, 0) is 69.1 Å². The average molecular weight is 634 g/mol. The molecule has 218 valence electrons. The number of ether oxygens (including phenoxy) is 1. The van der Waals surface area contributed by atoms with Crippen molar-refractivity contribution in [3.05, 3.63) is 76.0 Å². The van der Waals surface area contributed by atoms with Gasteiger partial charge in [-0.15, -0.1) is 0 Å². The van der Waals surface area contributed by atoms with Crippen LogP contribution < -0.4 is 0 Å². The van der Waals surface area contributed by atoms with Gasteiger partial charge in [0.1, 0.15) is 11.0 Å². The molecule has 2 heterocycles. The summed E-state index contributed by atoms with van der Waals surface area (Å²) in [4.78, 5) is 14.9. The smallest absolute Gasteiger partial charge is 0.318 e. The van der Waals surface area contributed by atoms with E-state index in [-0.39, 0.29) is 17.4 Å². The fraction of sp³-hybridized carbons (Fsp3) is 0.500. The van der Waals surface area contributed by atoms with Crippen molar-refractivity contribution in [3.63, 3.8) is 0 Å². The Morgan fingerprint density at radius 1 is 1.02 bits per heavy atom. The van der Waals surface area contributed by atoms with E-state index in [9.17, 15) is 13.2 Å². The van der Waals surface area contributed by atoms with E-state index in [0.717, 1.165) is 16.7 Å². The van der Waals surface area contributed by atoms with E-state index in [0.29, 0.717) is 11.1 Å². The molecule has 0 bridgehead atoms. The van der Waals surface area contributed by atoms with Crippen LogP contribution in [0.5, 0.6) is 0 Å². The number of carbonyl (C=O) groups is 1. The standard InChI is InChI=1S/C30H44ClNO4SSi3/c1-22-14-16-26(17-15-22)37(34,35)32-19-24-20-40(38(5,6)7,39(8,9)10)21-30(24,28(33)36-29(2,3)4)27(32)23-12-11-13-25(31)18-23/h11-18,20,27H,19,21H2,1-10H3/t27-,30+/m0/s1. The van der Waals surface area contributed by atoms with Crippen molar-refractivity contribution in [1.82, 2.24) is 4.31 Å². The lowest BCUT2D eigenvalue weighted by Gasteiger charge is -2.49. The van der Waals surface area contributed by atoms with Gasteiger partial charge in [-0.3, -0.25) is 4.79 Å². The first kappa shape index (κ1) is 31.4. The molecule has 10 heteroatoms. The quantitative estimate of drug-likeness (QED) is 0.244. The topological polar surface area (TPSA) is 63.7 Å². The van der Waals surface area contributed by atoms with E-state index in [1.165, 1.54) is 0 Å². The first-order chi connectivity index (χ1) is 18.2. The number of halogens is 1. The van der Waals surface area contributed by atoms with E-state index < -0.39 is 49.4 Å². The molecule has 2 aromatic carbocycles. The van der Waals surface area contributed by atoms with E-state index in [1.807, 2.05) is 58.0 Å². The largest absolute Gasteiger partial charge is 0.459 e. The summed E-state index contributed by atoms with van der Waals surface area (Å²) >= 11 is 6.52. The number of hydrogen-bond acceptors (Lipinski definition) is 4. The summed E-state index contributed by atoms with van der Waals surface area (Å²) in [6.07, 6.45) is 0. The minimum Gasteiger partial charge on any atom is -0.459 e. The van der Waals surface area contributed by atoms with Crippen LogP contribution in [0.15, 0.2) is 64.7 Å². The molecule has 1 saturated heterocycles. The van der Waals surface area contributed by atoms with E-state index >= 15 is 0 Å². The van der Waals surface area contributed by atoms with Gasteiger partial charge in [-0.25, -0.2) is 8.42 Å². The Hall–Kier alpha value is -1.50. The van der Waals surface area contributed by atoms with Gasteiger partial charge < -0.3 is 4.74 Å². The molecular weight excluding hydrogens is 590 g/mol. The molecule has 1 fully saturated rings. The van der Waals surface area contributed by atoms with Crippen LogP contribution in [0.4, 0.5) is 0 Å². The lowest BCUT2D eigenvalue weighted by molar-refractivity contribution is -0.165. The number of carbonyl (C=O) groups excluding carboxylic acids is 1. The minimum absolute atomic E-state index is 0.177. The zero-order valence-corrected chi connectivity index (χ0v) is 30.1. The Bertz CT molecular complexity index is 1440. The highest BCUT2D eigenvalue weighted by molar-refractivity contribution is 7.89. The van der Waals surface area contributed by atoms with Crippen LogP contribution in [0, 0.1) is 12.3 Å². The molecule has 0 amide bonds. The van der Waals surface area contributed by atoms with Gasteiger partial charge in [0.2, 0.25) is 10.0 Å². The molecule has 5 nitrogen and oxygen atoms in total. The van der Waals surface area contributed by atoms with Gasteiger partial charge in [0.25, 0.3) is 0 Å². The lowest BCUT2D eigenvalue weighted by Crippen LogP contribution is -2.71. The molecule has 0 aromatic heterocycles. The number of rotatable bonds is 6. The van der Waals surface area contributed by atoms with Crippen molar-refractivity contribution in [2.75, 3.05) is 6.54 Å². The van der Waals surface area contributed by atoms with Crippen LogP contribution in [-0.4, -0.2) is 53.1 Å². The van der Waals surface area contributed by atoms with Gasteiger partial charge in [-0.1, -0.05) is 86.4 Å².